The Morgan fingerprint density at radius 1 is 1.47 bits per heavy atom. The Labute approximate surface area is 94.7 Å². The lowest BCUT2D eigenvalue weighted by Gasteiger charge is -2.39. The van der Waals surface area contributed by atoms with Crippen molar-refractivity contribution in [2.45, 2.75) is 45.1 Å². The summed E-state index contributed by atoms with van der Waals surface area (Å²) in [5, 5.41) is 3.67. The van der Waals surface area contributed by atoms with Gasteiger partial charge in [0.25, 0.3) is 0 Å². The van der Waals surface area contributed by atoms with Crippen LogP contribution in [-0.4, -0.2) is 36.6 Å². The number of piperidine rings is 1. The van der Waals surface area contributed by atoms with Crippen molar-refractivity contribution in [2.24, 2.45) is 0 Å². The molecule has 1 saturated heterocycles. The van der Waals surface area contributed by atoms with Crippen LogP contribution in [0.25, 0.3) is 0 Å². The first-order valence-electron chi connectivity index (χ1n) is 6.28. The molecule has 2 heteroatoms. The predicted octanol–water partition coefficient (Wildman–Crippen LogP) is 2.42. The molecule has 1 atom stereocenters. The van der Waals surface area contributed by atoms with Gasteiger partial charge in [0.2, 0.25) is 0 Å². The Morgan fingerprint density at radius 3 is 2.80 bits per heavy atom. The van der Waals surface area contributed by atoms with Crippen molar-refractivity contribution < 1.29 is 0 Å². The van der Waals surface area contributed by atoms with E-state index in [0.717, 1.165) is 13.1 Å². The van der Waals surface area contributed by atoms with Crippen molar-refractivity contribution in [3.8, 4) is 0 Å². The monoisotopic (exact) mass is 210 g/mol. The largest absolute Gasteiger partial charge is 0.310 e. The van der Waals surface area contributed by atoms with Gasteiger partial charge < -0.3 is 5.32 Å². The van der Waals surface area contributed by atoms with E-state index >= 15 is 0 Å². The van der Waals surface area contributed by atoms with Crippen molar-refractivity contribution in [1.82, 2.24) is 10.2 Å². The third-order valence-corrected chi connectivity index (χ3v) is 3.21. The topological polar surface area (TPSA) is 15.3 Å². The van der Waals surface area contributed by atoms with Crippen molar-refractivity contribution in [2.75, 3.05) is 26.2 Å². The maximum Gasteiger partial charge on any atom is 0.0280 e. The Kier molecular flexibility index (Phi) is 5.34. The first kappa shape index (κ1) is 12.7. The molecule has 0 aromatic rings. The molecule has 1 N–H and O–H groups in total. The van der Waals surface area contributed by atoms with Crippen molar-refractivity contribution >= 4 is 0 Å². The highest BCUT2D eigenvalue weighted by atomic mass is 15.2. The fourth-order valence-corrected chi connectivity index (χ4v) is 2.48. The Balaban J connectivity index is 2.43. The summed E-state index contributed by atoms with van der Waals surface area (Å²) in [6.45, 7) is 13.0. The molecule has 88 valence electrons. The van der Waals surface area contributed by atoms with Crippen molar-refractivity contribution in [3.63, 3.8) is 0 Å². The van der Waals surface area contributed by atoms with Gasteiger partial charge in [-0.3, -0.25) is 4.90 Å². The van der Waals surface area contributed by atoms with Gasteiger partial charge in [0.15, 0.2) is 0 Å². The maximum absolute atomic E-state index is 3.84. The van der Waals surface area contributed by atoms with Gasteiger partial charge in [0, 0.05) is 18.6 Å². The Hall–Kier alpha value is -0.340. The van der Waals surface area contributed by atoms with Crippen LogP contribution in [0.1, 0.15) is 39.5 Å². The lowest BCUT2D eigenvalue weighted by molar-refractivity contribution is 0.175. The molecule has 1 aliphatic rings. The molecular formula is C13H26N2. The molecule has 1 aliphatic heterocycles. The Bertz CT molecular complexity index is 183. The summed E-state index contributed by atoms with van der Waals surface area (Å²) in [4.78, 5) is 2.51. The van der Waals surface area contributed by atoms with E-state index in [4.69, 9.17) is 0 Å². The minimum absolute atomic E-state index is 0.330. The van der Waals surface area contributed by atoms with Crippen LogP contribution >= 0.6 is 0 Å². The molecule has 0 aromatic carbocycles. The van der Waals surface area contributed by atoms with Crippen LogP contribution in [0.15, 0.2) is 12.7 Å². The van der Waals surface area contributed by atoms with Crippen LogP contribution in [0.2, 0.25) is 0 Å². The van der Waals surface area contributed by atoms with E-state index in [2.05, 4.69) is 30.6 Å². The van der Waals surface area contributed by atoms with Gasteiger partial charge in [-0.25, -0.2) is 0 Å². The average Bonchev–Trinajstić information content (AvgIpc) is 2.19. The molecule has 0 radical (unpaired) electrons. The van der Waals surface area contributed by atoms with Gasteiger partial charge in [-0.2, -0.15) is 0 Å². The van der Waals surface area contributed by atoms with Gasteiger partial charge in [0.05, 0.1) is 0 Å². The van der Waals surface area contributed by atoms with Crippen LogP contribution in [0.3, 0.4) is 0 Å². The van der Waals surface area contributed by atoms with Gasteiger partial charge in [-0.1, -0.05) is 19.4 Å². The lowest BCUT2D eigenvalue weighted by atomic mass is 9.90. The van der Waals surface area contributed by atoms with Crippen LogP contribution < -0.4 is 5.32 Å². The molecule has 15 heavy (non-hydrogen) atoms. The molecule has 2 nitrogen and oxygen atoms in total. The molecule has 0 bridgehead atoms. The lowest BCUT2D eigenvalue weighted by Crippen LogP contribution is -2.53. The molecular weight excluding hydrogens is 184 g/mol. The van der Waals surface area contributed by atoms with E-state index in [1.165, 1.54) is 38.8 Å². The van der Waals surface area contributed by atoms with E-state index < -0.39 is 0 Å². The highest BCUT2D eigenvalue weighted by Gasteiger charge is 2.27. The van der Waals surface area contributed by atoms with E-state index in [1.807, 2.05) is 6.08 Å². The van der Waals surface area contributed by atoms with Crippen LogP contribution in [0.4, 0.5) is 0 Å². The first-order chi connectivity index (χ1) is 7.20. The number of nitrogens with one attached hydrogen (secondary N) is 1. The second-order valence-corrected chi connectivity index (χ2v) is 4.97. The fraction of sp³-hybridized carbons (Fsp3) is 0.846. The molecule has 1 fully saturated rings. The molecule has 0 saturated carbocycles. The van der Waals surface area contributed by atoms with E-state index in [9.17, 15) is 0 Å². The summed E-state index contributed by atoms with van der Waals surface area (Å²) in [5.74, 6) is 0. The fourth-order valence-electron chi connectivity index (χ4n) is 2.48. The minimum atomic E-state index is 0.330. The van der Waals surface area contributed by atoms with Crippen LogP contribution in [-0.2, 0) is 0 Å². The molecule has 0 aliphatic carbocycles. The first-order valence-corrected chi connectivity index (χ1v) is 6.28. The summed E-state index contributed by atoms with van der Waals surface area (Å²) >= 11 is 0. The van der Waals surface area contributed by atoms with E-state index in [0.29, 0.717) is 5.54 Å². The highest BCUT2D eigenvalue weighted by Crippen LogP contribution is 2.19. The van der Waals surface area contributed by atoms with Crippen molar-refractivity contribution in [1.29, 1.82) is 0 Å². The molecule has 0 spiro atoms. The number of rotatable bonds is 6. The third kappa shape index (κ3) is 4.35. The summed E-state index contributed by atoms with van der Waals surface area (Å²) in [5.41, 5.74) is 0.330. The summed E-state index contributed by atoms with van der Waals surface area (Å²) < 4.78 is 0. The molecule has 1 unspecified atom stereocenters. The zero-order chi connectivity index (χ0) is 11.1. The summed E-state index contributed by atoms with van der Waals surface area (Å²) in [7, 11) is 0. The normalized spacial score (nSPS) is 26.9. The minimum Gasteiger partial charge on any atom is -0.310 e. The smallest absolute Gasteiger partial charge is 0.0280 e. The Morgan fingerprint density at radius 2 is 2.27 bits per heavy atom. The second-order valence-electron chi connectivity index (χ2n) is 4.97. The predicted molar refractivity (Wildman–Crippen MR) is 67.2 cm³/mol. The number of hydrogen-bond acceptors (Lipinski definition) is 2. The second kappa shape index (κ2) is 6.29. The molecule has 0 aromatic heterocycles. The molecule has 0 amide bonds. The van der Waals surface area contributed by atoms with Gasteiger partial charge in [-0.15, -0.1) is 6.58 Å². The standard InChI is InChI=1S/C13H26N2/c1-4-10-15(11-5-2)12-13(3)8-6-7-9-14-13/h4,14H,1,5-12H2,2-3H3. The zero-order valence-electron chi connectivity index (χ0n) is 10.4. The van der Waals surface area contributed by atoms with Crippen molar-refractivity contribution in [3.05, 3.63) is 12.7 Å². The van der Waals surface area contributed by atoms with E-state index in [-0.39, 0.29) is 0 Å². The van der Waals surface area contributed by atoms with Crippen LogP contribution in [0, 0.1) is 0 Å². The highest BCUT2D eigenvalue weighted by molar-refractivity contribution is 4.90. The van der Waals surface area contributed by atoms with Crippen LogP contribution in [0.5, 0.6) is 0 Å². The number of hydrogen-bond donors (Lipinski definition) is 1. The molecule has 1 rings (SSSR count). The quantitative estimate of drug-likeness (QED) is 0.677. The van der Waals surface area contributed by atoms with E-state index in [1.54, 1.807) is 0 Å². The van der Waals surface area contributed by atoms with Gasteiger partial charge in [0.1, 0.15) is 0 Å². The summed E-state index contributed by atoms with van der Waals surface area (Å²) in [6, 6.07) is 0. The summed E-state index contributed by atoms with van der Waals surface area (Å²) in [6.07, 6.45) is 7.26. The SMILES string of the molecule is C=CCN(CCC)CC1(C)CCCCN1. The average molecular weight is 210 g/mol. The van der Waals surface area contributed by atoms with Gasteiger partial charge >= 0.3 is 0 Å². The molecule has 1 heterocycles. The number of nitrogens with zero attached hydrogens (tertiary/aromatic N) is 1. The maximum atomic E-state index is 3.84. The third-order valence-electron chi connectivity index (χ3n) is 3.21. The zero-order valence-corrected chi connectivity index (χ0v) is 10.4. The van der Waals surface area contributed by atoms with Gasteiger partial charge in [-0.05, 0) is 39.3 Å².